The monoisotopic (exact) mass is 200 g/mol. The predicted molar refractivity (Wildman–Crippen MR) is 64.5 cm³/mol. The van der Waals surface area contributed by atoms with Crippen LogP contribution < -0.4 is 5.73 Å². The van der Waals surface area contributed by atoms with Crippen LogP contribution in [-0.2, 0) is 0 Å². The Morgan fingerprint density at radius 3 is 2.00 bits per heavy atom. The summed E-state index contributed by atoms with van der Waals surface area (Å²) in [6.45, 7) is 9.80. The first kappa shape index (κ1) is 13.9. The molecular formula is C12H28N2. The van der Waals surface area contributed by atoms with Gasteiger partial charge in [-0.3, -0.25) is 4.90 Å². The molecule has 0 aliphatic rings. The average Bonchev–Trinajstić information content (AvgIpc) is 2.21. The van der Waals surface area contributed by atoms with Gasteiger partial charge < -0.3 is 5.73 Å². The minimum Gasteiger partial charge on any atom is -0.329 e. The fraction of sp³-hybridized carbons (Fsp3) is 1.00. The maximum absolute atomic E-state index is 5.92. The van der Waals surface area contributed by atoms with Crippen LogP contribution in [0.4, 0.5) is 0 Å². The molecule has 14 heavy (non-hydrogen) atoms. The second-order valence-corrected chi connectivity index (χ2v) is 4.38. The summed E-state index contributed by atoms with van der Waals surface area (Å²) >= 11 is 0. The van der Waals surface area contributed by atoms with Crippen molar-refractivity contribution in [3.8, 4) is 0 Å². The molecular weight excluding hydrogens is 172 g/mol. The van der Waals surface area contributed by atoms with Gasteiger partial charge in [0.15, 0.2) is 0 Å². The van der Waals surface area contributed by atoms with Crippen LogP contribution >= 0.6 is 0 Å². The number of nitrogens with two attached hydrogens (primary N) is 1. The lowest BCUT2D eigenvalue weighted by molar-refractivity contribution is 0.0720. The van der Waals surface area contributed by atoms with Gasteiger partial charge >= 0.3 is 0 Å². The van der Waals surface area contributed by atoms with Crippen molar-refractivity contribution >= 4 is 0 Å². The summed E-state index contributed by atoms with van der Waals surface area (Å²) in [5.41, 5.74) is 6.14. The van der Waals surface area contributed by atoms with Gasteiger partial charge in [-0.15, -0.1) is 0 Å². The van der Waals surface area contributed by atoms with Gasteiger partial charge in [0, 0.05) is 18.1 Å². The Kier molecular flexibility index (Phi) is 6.38. The zero-order valence-electron chi connectivity index (χ0n) is 10.6. The molecule has 0 aromatic rings. The van der Waals surface area contributed by atoms with E-state index in [0.29, 0.717) is 6.04 Å². The molecule has 0 saturated heterocycles. The van der Waals surface area contributed by atoms with Crippen molar-refractivity contribution in [2.24, 2.45) is 5.73 Å². The van der Waals surface area contributed by atoms with E-state index in [-0.39, 0.29) is 5.54 Å². The van der Waals surface area contributed by atoms with E-state index < -0.39 is 0 Å². The highest BCUT2D eigenvalue weighted by molar-refractivity contribution is 4.90. The summed E-state index contributed by atoms with van der Waals surface area (Å²) in [6, 6.07) is 0.642. The molecule has 0 rings (SSSR count). The molecule has 2 nitrogen and oxygen atoms in total. The fourth-order valence-corrected chi connectivity index (χ4v) is 2.26. The van der Waals surface area contributed by atoms with Crippen LogP contribution in [0.3, 0.4) is 0 Å². The molecule has 0 aromatic carbocycles. The lowest BCUT2D eigenvalue weighted by Crippen LogP contribution is -2.54. The molecule has 0 fully saturated rings. The first-order valence-corrected chi connectivity index (χ1v) is 6.00. The smallest absolute Gasteiger partial charge is 0.0326 e. The van der Waals surface area contributed by atoms with Crippen LogP contribution in [0.25, 0.3) is 0 Å². The van der Waals surface area contributed by atoms with Gasteiger partial charge in [0.1, 0.15) is 0 Å². The van der Waals surface area contributed by atoms with Crippen molar-refractivity contribution in [3.05, 3.63) is 0 Å². The zero-order chi connectivity index (χ0) is 11.2. The van der Waals surface area contributed by atoms with E-state index in [0.717, 1.165) is 19.4 Å². The minimum absolute atomic E-state index is 0.217. The summed E-state index contributed by atoms with van der Waals surface area (Å²) in [5, 5.41) is 0. The van der Waals surface area contributed by atoms with E-state index in [2.05, 4.69) is 39.6 Å². The van der Waals surface area contributed by atoms with Crippen LogP contribution in [-0.4, -0.2) is 30.1 Å². The molecule has 2 N–H and O–H groups in total. The van der Waals surface area contributed by atoms with Crippen molar-refractivity contribution in [2.75, 3.05) is 13.6 Å². The number of nitrogens with zero attached hydrogens (tertiary/aromatic N) is 1. The van der Waals surface area contributed by atoms with E-state index in [1.807, 2.05) is 0 Å². The van der Waals surface area contributed by atoms with Gasteiger partial charge in [0.2, 0.25) is 0 Å². The molecule has 1 unspecified atom stereocenters. The molecule has 0 radical (unpaired) electrons. The van der Waals surface area contributed by atoms with Gasteiger partial charge in [-0.25, -0.2) is 0 Å². The molecule has 0 aromatic heterocycles. The molecule has 1 atom stereocenters. The van der Waals surface area contributed by atoms with Crippen LogP contribution in [0.5, 0.6) is 0 Å². The standard InChI is InChI=1S/C12H28N2/c1-6-9-11(4)14(5)12(7-2,8-3)10-13/h11H,6-10,13H2,1-5H3. The van der Waals surface area contributed by atoms with Crippen LogP contribution in [0.2, 0.25) is 0 Å². The molecule has 0 amide bonds. The summed E-state index contributed by atoms with van der Waals surface area (Å²) in [5.74, 6) is 0. The topological polar surface area (TPSA) is 29.3 Å². The van der Waals surface area contributed by atoms with Crippen LogP contribution in [0.1, 0.15) is 53.4 Å². The van der Waals surface area contributed by atoms with Gasteiger partial charge in [-0.2, -0.15) is 0 Å². The predicted octanol–water partition coefficient (Wildman–Crippen LogP) is 2.62. The van der Waals surface area contributed by atoms with Crippen LogP contribution in [0, 0.1) is 0 Å². The number of hydrogen-bond donors (Lipinski definition) is 1. The Hall–Kier alpha value is -0.0800. The van der Waals surface area contributed by atoms with E-state index in [4.69, 9.17) is 5.73 Å². The minimum atomic E-state index is 0.217. The van der Waals surface area contributed by atoms with Crippen molar-refractivity contribution in [2.45, 2.75) is 65.0 Å². The second kappa shape index (κ2) is 6.41. The average molecular weight is 200 g/mol. The molecule has 0 heterocycles. The number of likely N-dealkylation sites (N-methyl/N-ethyl adjacent to an activating group) is 1. The zero-order valence-corrected chi connectivity index (χ0v) is 10.6. The normalized spacial score (nSPS) is 14.8. The van der Waals surface area contributed by atoms with Crippen molar-refractivity contribution in [1.29, 1.82) is 0 Å². The second-order valence-electron chi connectivity index (χ2n) is 4.38. The fourth-order valence-electron chi connectivity index (χ4n) is 2.26. The van der Waals surface area contributed by atoms with Gasteiger partial charge in [-0.05, 0) is 33.2 Å². The maximum Gasteiger partial charge on any atom is 0.0326 e. The molecule has 0 spiro atoms. The SMILES string of the molecule is CCCC(C)N(C)C(CC)(CC)CN. The largest absolute Gasteiger partial charge is 0.329 e. The highest BCUT2D eigenvalue weighted by Gasteiger charge is 2.31. The summed E-state index contributed by atoms with van der Waals surface area (Å²) < 4.78 is 0. The van der Waals surface area contributed by atoms with Gasteiger partial charge in [-0.1, -0.05) is 27.2 Å². The Balaban J connectivity index is 4.48. The van der Waals surface area contributed by atoms with Gasteiger partial charge in [0.05, 0.1) is 0 Å². The van der Waals surface area contributed by atoms with Crippen LogP contribution in [0.15, 0.2) is 0 Å². The Morgan fingerprint density at radius 1 is 1.21 bits per heavy atom. The highest BCUT2D eigenvalue weighted by Crippen LogP contribution is 2.24. The third-order valence-corrected chi connectivity index (χ3v) is 3.81. The summed E-state index contributed by atoms with van der Waals surface area (Å²) in [6.07, 6.45) is 4.80. The number of hydrogen-bond acceptors (Lipinski definition) is 2. The van der Waals surface area contributed by atoms with E-state index in [9.17, 15) is 0 Å². The summed E-state index contributed by atoms with van der Waals surface area (Å²) in [4.78, 5) is 2.48. The van der Waals surface area contributed by atoms with E-state index in [1.165, 1.54) is 12.8 Å². The van der Waals surface area contributed by atoms with E-state index in [1.54, 1.807) is 0 Å². The maximum atomic E-state index is 5.92. The highest BCUT2D eigenvalue weighted by atomic mass is 15.2. The number of rotatable bonds is 7. The lowest BCUT2D eigenvalue weighted by atomic mass is 9.89. The lowest BCUT2D eigenvalue weighted by Gasteiger charge is -2.43. The first-order valence-electron chi connectivity index (χ1n) is 6.00. The molecule has 86 valence electrons. The molecule has 0 aliphatic heterocycles. The Morgan fingerprint density at radius 2 is 1.71 bits per heavy atom. The first-order chi connectivity index (χ1) is 6.57. The molecule has 0 bridgehead atoms. The molecule has 0 aliphatic carbocycles. The van der Waals surface area contributed by atoms with Crippen molar-refractivity contribution in [3.63, 3.8) is 0 Å². The van der Waals surface area contributed by atoms with E-state index >= 15 is 0 Å². The molecule has 2 heteroatoms. The van der Waals surface area contributed by atoms with Crippen molar-refractivity contribution < 1.29 is 0 Å². The molecule has 0 saturated carbocycles. The third kappa shape index (κ3) is 2.96. The Bertz CT molecular complexity index is 133. The Labute approximate surface area is 89.9 Å². The summed E-state index contributed by atoms with van der Waals surface area (Å²) in [7, 11) is 2.22. The quantitative estimate of drug-likeness (QED) is 0.684. The van der Waals surface area contributed by atoms with Crippen molar-refractivity contribution in [1.82, 2.24) is 4.90 Å². The third-order valence-electron chi connectivity index (χ3n) is 3.81. The van der Waals surface area contributed by atoms with Gasteiger partial charge in [0.25, 0.3) is 0 Å².